The highest BCUT2D eigenvalue weighted by Gasteiger charge is 2.08. The van der Waals surface area contributed by atoms with Gasteiger partial charge in [-0.15, -0.1) is 11.3 Å². The Hall–Kier alpha value is -2.41. The maximum atomic E-state index is 12.9. The van der Waals surface area contributed by atoms with Gasteiger partial charge in [0.1, 0.15) is 18.2 Å². The molecule has 2 aromatic rings. The topological polar surface area (TPSA) is 67.4 Å². The first-order valence-electron chi connectivity index (χ1n) is 6.62. The molecule has 116 valence electrons. The Morgan fingerprint density at radius 1 is 1.18 bits per heavy atom. The van der Waals surface area contributed by atoms with Gasteiger partial charge >= 0.3 is 0 Å². The van der Waals surface area contributed by atoms with Crippen molar-refractivity contribution in [3.8, 4) is 5.75 Å². The molecular formula is C15H15FN2O3S. The van der Waals surface area contributed by atoms with E-state index in [0.717, 1.165) is 0 Å². The molecule has 1 aromatic carbocycles. The first kappa shape index (κ1) is 16.0. The zero-order valence-corrected chi connectivity index (χ0v) is 12.5. The van der Waals surface area contributed by atoms with Gasteiger partial charge in [-0.05, 0) is 23.6 Å². The molecule has 0 radical (unpaired) electrons. The minimum atomic E-state index is -0.377. The van der Waals surface area contributed by atoms with Gasteiger partial charge in [0.25, 0.3) is 5.91 Å². The normalized spacial score (nSPS) is 10.0. The maximum absolute atomic E-state index is 12.9. The van der Waals surface area contributed by atoms with E-state index in [0.29, 0.717) is 10.6 Å². The lowest BCUT2D eigenvalue weighted by atomic mass is 10.3. The molecule has 22 heavy (non-hydrogen) atoms. The third kappa shape index (κ3) is 5.17. The van der Waals surface area contributed by atoms with Crippen molar-refractivity contribution in [2.45, 2.75) is 0 Å². The predicted molar refractivity (Wildman–Crippen MR) is 81.6 cm³/mol. The molecule has 0 bridgehead atoms. The molecule has 1 aromatic heterocycles. The van der Waals surface area contributed by atoms with Gasteiger partial charge in [-0.2, -0.15) is 0 Å². The molecule has 2 amide bonds. The van der Waals surface area contributed by atoms with Gasteiger partial charge in [0.2, 0.25) is 5.91 Å². The summed E-state index contributed by atoms with van der Waals surface area (Å²) in [6, 6.07) is 9.22. The molecule has 0 atom stereocenters. The summed E-state index contributed by atoms with van der Waals surface area (Å²) < 4.78 is 18.2. The van der Waals surface area contributed by atoms with Gasteiger partial charge in [-0.3, -0.25) is 9.59 Å². The lowest BCUT2D eigenvalue weighted by Gasteiger charge is -2.08. The van der Waals surface area contributed by atoms with Crippen molar-refractivity contribution in [3.63, 3.8) is 0 Å². The largest absolute Gasteiger partial charge is 0.492 e. The van der Waals surface area contributed by atoms with Crippen molar-refractivity contribution in [1.29, 1.82) is 0 Å². The highest BCUT2D eigenvalue weighted by molar-refractivity contribution is 7.12. The molecule has 0 aliphatic carbocycles. The van der Waals surface area contributed by atoms with E-state index in [1.807, 2.05) is 0 Å². The molecule has 0 fully saturated rings. The smallest absolute Gasteiger partial charge is 0.261 e. The average Bonchev–Trinajstić information content (AvgIpc) is 3.04. The Morgan fingerprint density at radius 2 is 2.05 bits per heavy atom. The highest BCUT2D eigenvalue weighted by Crippen LogP contribution is 2.11. The second-order valence-electron chi connectivity index (χ2n) is 4.32. The van der Waals surface area contributed by atoms with Gasteiger partial charge in [0.05, 0.1) is 18.0 Å². The summed E-state index contributed by atoms with van der Waals surface area (Å²) in [5, 5.41) is 6.91. The van der Waals surface area contributed by atoms with Crippen LogP contribution in [0.25, 0.3) is 0 Å². The number of carbonyl (C=O) groups excluding carboxylic acids is 2. The Labute approximate surface area is 131 Å². The van der Waals surface area contributed by atoms with E-state index in [-0.39, 0.29) is 37.3 Å². The summed E-state index contributed by atoms with van der Waals surface area (Å²) in [4.78, 5) is 23.7. The van der Waals surface area contributed by atoms with E-state index >= 15 is 0 Å². The molecule has 0 saturated carbocycles. The summed E-state index contributed by atoms with van der Waals surface area (Å²) in [5.41, 5.74) is 0. The molecule has 0 aliphatic heterocycles. The fraction of sp³-hybridized carbons (Fsp3) is 0.200. The Kier molecular flexibility index (Phi) is 5.91. The summed E-state index contributed by atoms with van der Waals surface area (Å²) in [5.74, 6) is -0.563. The number of thiophene rings is 1. The number of nitrogens with one attached hydrogen (secondary N) is 2. The maximum Gasteiger partial charge on any atom is 0.261 e. The summed E-state index contributed by atoms with van der Waals surface area (Å²) in [6.07, 6.45) is 0. The van der Waals surface area contributed by atoms with Crippen LogP contribution in [0, 0.1) is 5.82 Å². The molecule has 1 heterocycles. The van der Waals surface area contributed by atoms with E-state index in [9.17, 15) is 14.0 Å². The Bertz CT molecular complexity index is 631. The second-order valence-corrected chi connectivity index (χ2v) is 5.26. The number of hydrogen-bond acceptors (Lipinski definition) is 4. The van der Waals surface area contributed by atoms with Crippen LogP contribution in [0.2, 0.25) is 0 Å². The first-order valence-corrected chi connectivity index (χ1v) is 7.50. The zero-order chi connectivity index (χ0) is 15.8. The molecule has 5 nitrogen and oxygen atoms in total. The van der Waals surface area contributed by atoms with Gasteiger partial charge < -0.3 is 15.4 Å². The quantitative estimate of drug-likeness (QED) is 0.764. The number of amides is 2. The first-order chi connectivity index (χ1) is 10.6. The van der Waals surface area contributed by atoms with Crippen LogP contribution in [0.1, 0.15) is 9.67 Å². The van der Waals surface area contributed by atoms with Crippen molar-refractivity contribution in [2.24, 2.45) is 0 Å². The van der Waals surface area contributed by atoms with E-state index < -0.39 is 0 Å². The molecule has 7 heteroatoms. The molecule has 0 spiro atoms. The third-order valence-electron chi connectivity index (χ3n) is 2.64. The Balaban J connectivity index is 1.61. The number of rotatable bonds is 7. The standard InChI is InChI=1S/C15H15FN2O3S/c16-11-3-1-4-12(9-11)21-7-6-17-14(19)10-18-15(20)13-5-2-8-22-13/h1-5,8-9H,6-7,10H2,(H,17,19)(H,18,20). The second kappa shape index (κ2) is 8.14. The Morgan fingerprint density at radius 3 is 2.77 bits per heavy atom. The van der Waals surface area contributed by atoms with Crippen LogP contribution in [-0.2, 0) is 4.79 Å². The van der Waals surface area contributed by atoms with E-state index in [1.165, 1.54) is 23.5 Å². The minimum Gasteiger partial charge on any atom is -0.492 e. The van der Waals surface area contributed by atoms with Crippen molar-refractivity contribution in [3.05, 3.63) is 52.5 Å². The van der Waals surface area contributed by atoms with E-state index in [2.05, 4.69) is 10.6 Å². The lowest BCUT2D eigenvalue weighted by Crippen LogP contribution is -2.38. The molecule has 2 rings (SSSR count). The van der Waals surface area contributed by atoms with Crippen molar-refractivity contribution >= 4 is 23.2 Å². The van der Waals surface area contributed by atoms with Crippen LogP contribution in [0.4, 0.5) is 4.39 Å². The van der Waals surface area contributed by atoms with Gasteiger partial charge in [-0.25, -0.2) is 4.39 Å². The third-order valence-corrected chi connectivity index (χ3v) is 3.51. The molecular weight excluding hydrogens is 307 g/mol. The number of benzene rings is 1. The number of carbonyl (C=O) groups is 2. The molecule has 0 aliphatic rings. The van der Waals surface area contributed by atoms with Crippen LogP contribution in [-0.4, -0.2) is 31.5 Å². The summed E-state index contributed by atoms with van der Waals surface area (Å²) in [6.45, 7) is 0.384. The van der Waals surface area contributed by atoms with E-state index in [4.69, 9.17) is 4.74 Å². The van der Waals surface area contributed by atoms with Crippen molar-refractivity contribution < 1.29 is 18.7 Å². The summed E-state index contributed by atoms with van der Waals surface area (Å²) >= 11 is 1.31. The van der Waals surface area contributed by atoms with Crippen LogP contribution < -0.4 is 15.4 Å². The van der Waals surface area contributed by atoms with Crippen LogP contribution in [0.3, 0.4) is 0 Å². The minimum absolute atomic E-state index is 0.100. The van der Waals surface area contributed by atoms with Gasteiger partial charge in [0.15, 0.2) is 0 Å². The van der Waals surface area contributed by atoms with Crippen LogP contribution in [0.5, 0.6) is 5.75 Å². The highest BCUT2D eigenvalue weighted by atomic mass is 32.1. The monoisotopic (exact) mass is 322 g/mol. The zero-order valence-electron chi connectivity index (χ0n) is 11.7. The number of ether oxygens (including phenoxy) is 1. The molecule has 0 saturated heterocycles. The molecule has 0 unspecified atom stereocenters. The van der Waals surface area contributed by atoms with Crippen molar-refractivity contribution in [2.75, 3.05) is 19.7 Å². The number of halogens is 1. The fourth-order valence-corrected chi connectivity index (χ4v) is 2.27. The van der Waals surface area contributed by atoms with Crippen LogP contribution in [0.15, 0.2) is 41.8 Å². The fourth-order valence-electron chi connectivity index (χ4n) is 1.63. The summed E-state index contributed by atoms with van der Waals surface area (Å²) in [7, 11) is 0. The van der Waals surface area contributed by atoms with Gasteiger partial charge in [0, 0.05) is 6.07 Å². The SMILES string of the molecule is O=C(CNC(=O)c1cccs1)NCCOc1cccc(F)c1. The van der Waals surface area contributed by atoms with Crippen molar-refractivity contribution in [1.82, 2.24) is 10.6 Å². The van der Waals surface area contributed by atoms with Crippen LogP contribution >= 0.6 is 11.3 Å². The number of hydrogen-bond donors (Lipinski definition) is 2. The lowest BCUT2D eigenvalue weighted by molar-refractivity contribution is -0.120. The predicted octanol–water partition coefficient (Wildman–Crippen LogP) is 1.81. The van der Waals surface area contributed by atoms with Gasteiger partial charge in [-0.1, -0.05) is 12.1 Å². The van der Waals surface area contributed by atoms with E-state index in [1.54, 1.807) is 29.6 Å². The average molecular weight is 322 g/mol. The molecule has 2 N–H and O–H groups in total.